The predicted molar refractivity (Wildman–Crippen MR) is 64.0 cm³/mol. The molecule has 0 radical (unpaired) electrons. The highest BCUT2D eigenvalue weighted by Crippen LogP contribution is 1.99. The fourth-order valence-electron chi connectivity index (χ4n) is 1.36. The van der Waals surface area contributed by atoms with Gasteiger partial charge in [0, 0.05) is 30.7 Å². The smallest absolute Gasteiger partial charge is 0.106 e. The van der Waals surface area contributed by atoms with Gasteiger partial charge in [-0.15, -0.1) is 0 Å². The average molecular weight is 206 g/mol. The number of hydrogen-bond acceptors (Lipinski definition) is 2. The molecule has 0 amide bonds. The van der Waals surface area contributed by atoms with Gasteiger partial charge in [-0.1, -0.05) is 6.92 Å². The highest BCUT2D eigenvalue weighted by Gasteiger charge is 1.93. The van der Waals surface area contributed by atoms with E-state index < -0.39 is 0 Å². The van der Waals surface area contributed by atoms with Crippen molar-refractivity contribution < 1.29 is 0 Å². The summed E-state index contributed by atoms with van der Waals surface area (Å²) in [6.07, 6.45) is 7.94. The Balaban J connectivity index is 2.32. The Morgan fingerprint density at radius 3 is 3.20 bits per heavy atom. The Morgan fingerprint density at radius 2 is 2.47 bits per heavy atom. The molecule has 1 heterocycles. The second-order valence-electron chi connectivity index (χ2n) is 3.30. The zero-order valence-electron chi connectivity index (χ0n) is 9.11. The minimum atomic E-state index is 1.02. The summed E-state index contributed by atoms with van der Waals surface area (Å²) >= 11 is 0. The van der Waals surface area contributed by atoms with Gasteiger partial charge in [0.2, 0.25) is 0 Å². The molecule has 1 aromatic heterocycles. The SMILES string of the molecule is CCNCCCn1ccc(C=NC=N)c1. The molecule has 0 unspecified atom stereocenters. The number of aryl methyl sites for hydroxylation is 1. The van der Waals surface area contributed by atoms with Crippen molar-refractivity contribution in [2.75, 3.05) is 13.1 Å². The summed E-state index contributed by atoms with van der Waals surface area (Å²) in [5.74, 6) is 0. The van der Waals surface area contributed by atoms with Crippen molar-refractivity contribution in [2.24, 2.45) is 4.99 Å². The Kier molecular flexibility index (Phi) is 5.40. The minimum absolute atomic E-state index is 1.02. The summed E-state index contributed by atoms with van der Waals surface area (Å²) in [5, 5.41) is 10.1. The topological polar surface area (TPSA) is 53.2 Å². The maximum absolute atomic E-state index is 6.78. The lowest BCUT2D eigenvalue weighted by Crippen LogP contribution is -2.15. The zero-order valence-corrected chi connectivity index (χ0v) is 9.11. The van der Waals surface area contributed by atoms with Gasteiger partial charge >= 0.3 is 0 Å². The number of hydrogen-bond donors (Lipinski definition) is 2. The van der Waals surface area contributed by atoms with Crippen LogP contribution in [0.5, 0.6) is 0 Å². The van der Waals surface area contributed by atoms with E-state index in [1.165, 1.54) is 0 Å². The van der Waals surface area contributed by atoms with Crippen molar-refractivity contribution in [2.45, 2.75) is 19.9 Å². The van der Waals surface area contributed by atoms with Crippen molar-refractivity contribution in [3.63, 3.8) is 0 Å². The number of aliphatic imine (C=N–C) groups is 1. The molecule has 0 saturated carbocycles. The third-order valence-electron chi connectivity index (χ3n) is 2.09. The lowest BCUT2D eigenvalue weighted by Gasteiger charge is -2.02. The van der Waals surface area contributed by atoms with E-state index in [1.807, 2.05) is 18.5 Å². The average Bonchev–Trinajstić information content (AvgIpc) is 2.69. The van der Waals surface area contributed by atoms with Gasteiger partial charge in [-0.05, 0) is 25.6 Å². The zero-order chi connectivity index (χ0) is 10.9. The Bertz CT molecular complexity index is 314. The van der Waals surface area contributed by atoms with Gasteiger partial charge in [-0.25, -0.2) is 4.99 Å². The van der Waals surface area contributed by atoms with Crippen LogP contribution in [0.2, 0.25) is 0 Å². The van der Waals surface area contributed by atoms with E-state index in [0.29, 0.717) is 0 Å². The van der Waals surface area contributed by atoms with Gasteiger partial charge in [0.15, 0.2) is 0 Å². The molecule has 0 fully saturated rings. The van der Waals surface area contributed by atoms with Gasteiger partial charge in [-0.2, -0.15) is 0 Å². The lowest BCUT2D eigenvalue weighted by molar-refractivity contribution is 0.594. The standard InChI is InChI=1S/C11H18N4/c1-2-13-5-3-6-15-7-4-11(9-15)8-14-10-12/h4,7-10,12-13H,2-3,5-6H2,1H3. The van der Waals surface area contributed by atoms with Gasteiger partial charge in [0.25, 0.3) is 0 Å². The fourth-order valence-corrected chi connectivity index (χ4v) is 1.36. The van der Waals surface area contributed by atoms with Crippen LogP contribution in [-0.4, -0.2) is 30.2 Å². The van der Waals surface area contributed by atoms with E-state index in [-0.39, 0.29) is 0 Å². The van der Waals surface area contributed by atoms with Crippen LogP contribution in [0.25, 0.3) is 0 Å². The minimum Gasteiger partial charge on any atom is -0.354 e. The van der Waals surface area contributed by atoms with Crippen molar-refractivity contribution >= 4 is 12.6 Å². The quantitative estimate of drug-likeness (QED) is 0.396. The van der Waals surface area contributed by atoms with Crippen LogP contribution in [0.15, 0.2) is 23.5 Å². The van der Waals surface area contributed by atoms with Gasteiger partial charge in [-0.3, -0.25) is 5.41 Å². The first-order chi connectivity index (χ1) is 7.36. The Morgan fingerprint density at radius 1 is 1.60 bits per heavy atom. The van der Waals surface area contributed by atoms with E-state index in [4.69, 9.17) is 5.41 Å². The van der Waals surface area contributed by atoms with Gasteiger partial charge in [0.05, 0.1) is 0 Å². The third kappa shape index (κ3) is 4.56. The Hall–Kier alpha value is -1.42. The summed E-state index contributed by atoms with van der Waals surface area (Å²) in [7, 11) is 0. The molecule has 15 heavy (non-hydrogen) atoms. The number of nitrogens with one attached hydrogen (secondary N) is 2. The molecular formula is C11H18N4. The molecule has 4 heteroatoms. The second-order valence-corrected chi connectivity index (χ2v) is 3.30. The largest absolute Gasteiger partial charge is 0.354 e. The van der Waals surface area contributed by atoms with E-state index >= 15 is 0 Å². The molecule has 1 rings (SSSR count). The molecule has 0 saturated heterocycles. The van der Waals surface area contributed by atoms with Crippen molar-refractivity contribution in [3.05, 3.63) is 24.0 Å². The van der Waals surface area contributed by atoms with Gasteiger partial charge < -0.3 is 9.88 Å². The molecule has 0 atom stereocenters. The van der Waals surface area contributed by atoms with Crippen molar-refractivity contribution in [3.8, 4) is 0 Å². The van der Waals surface area contributed by atoms with Crippen LogP contribution in [0.4, 0.5) is 0 Å². The molecule has 0 aliphatic heterocycles. The van der Waals surface area contributed by atoms with E-state index in [2.05, 4.69) is 21.8 Å². The van der Waals surface area contributed by atoms with Crippen LogP contribution in [0.1, 0.15) is 18.9 Å². The normalized spacial score (nSPS) is 11.0. The molecule has 0 aromatic carbocycles. The predicted octanol–water partition coefficient (Wildman–Crippen LogP) is 1.51. The van der Waals surface area contributed by atoms with Crippen molar-refractivity contribution in [1.82, 2.24) is 9.88 Å². The molecule has 4 nitrogen and oxygen atoms in total. The molecular weight excluding hydrogens is 188 g/mol. The molecule has 0 aliphatic carbocycles. The summed E-state index contributed by atoms with van der Waals surface area (Å²) in [6.45, 7) is 5.22. The van der Waals surface area contributed by atoms with Crippen molar-refractivity contribution in [1.29, 1.82) is 5.41 Å². The summed E-state index contributed by atoms with van der Waals surface area (Å²) in [5.41, 5.74) is 1.04. The van der Waals surface area contributed by atoms with E-state index in [1.54, 1.807) is 6.21 Å². The summed E-state index contributed by atoms with van der Waals surface area (Å²) in [4.78, 5) is 3.76. The highest BCUT2D eigenvalue weighted by molar-refractivity contribution is 5.84. The first kappa shape index (κ1) is 11.7. The molecule has 0 bridgehead atoms. The maximum Gasteiger partial charge on any atom is 0.106 e. The first-order valence-electron chi connectivity index (χ1n) is 5.25. The first-order valence-corrected chi connectivity index (χ1v) is 5.25. The fraction of sp³-hybridized carbons (Fsp3) is 0.455. The van der Waals surface area contributed by atoms with E-state index in [9.17, 15) is 0 Å². The molecule has 82 valence electrons. The van der Waals surface area contributed by atoms with Crippen LogP contribution in [0.3, 0.4) is 0 Å². The Labute approximate surface area is 90.5 Å². The van der Waals surface area contributed by atoms with Crippen LogP contribution >= 0.6 is 0 Å². The lowest BCUT2D eigenvalue weighted by atomic mass is 10.4. The van der Waals surface area contributed by atoms with Crippen LogP contribution in [-0.2, 0) is 6.54 Å². The molecule has 1 aromatic rings. The monoisotopic (exact) mass is 206 g/mol. The summed E-state index contributed by atoms with van der Waals surface area (Å²) < 4.78 is 2.14. The van der Waals surface area contributed by atoms with Gasteiger partial charge in [0.1, 0.15) is 6.34 Å². The van der Waals surface area contributed by atoms with Crippen LogP contribution < -0.4 is 5.32 Å². The number of aromatic nitrogens is 1. The maximum atomic E-state index is 6.78. The number of rotatable bonds is 7. The number of nitrogens with zero attached hydrogens (tertiary/aromatic N) is 2. The second kappa shape index (κ2) is 6.95. The molecule has 2 N–H and O–H groups in total. The molecule has 0 spiro atoms. The highest BCUT2D eigenvalue weighted by atomic mass is 14.9. The third-order valence-corrected chi connectivity index (χ3v) is 2.09. The summed E-state index contributed by atoms with van der Waals surface area (Å²) in [6, 6.07) is 2.00. The molecule has 0 aliphatic rings. The van der Waals surface area contributed by atoms with Crippen LogP contribution in [0, 0.1) is 5.41 Å². The van der Waals surface area contributed by atoms with E-state index in [0.717, 1.165) is 38.0 Å².